The Morgan fingerprint density at radius 3 is 1.95 bits per heavy atom. The number of unbranched alkanes of at least 4 members (excludes halogenated alkanes) is 2. The number of rotatable bonds is 31. The second kappa shape index (κ2) is 24.2. The van der Waals surface area contributed by atoms with E-state index in [0.29, 0.717) is 57.8 Å². The van der Waals surface area contributed by atoms with Crippen molar-refractivity contribution in [3.8, 4) is 0 Å². The fourth-order valence-electron chi connectivity index (χ4n) is 6.77. The Kier molecular flexibility index (Phi) is 23.1. The highest BCUT2D eigenvalue weighted by Crippen LogP contribution is 2.32. The minimum absolute atomic E-state index is 0.00918. The Balaban J connectivity index is 4.52. The van der Waals surface area contributed by atoms with Crippen molar-refractivity contribution in [1.82, 2.24) is 21.3 Å². The van der Waals surface area contributed by atoms with E-state index in [0.717, 1.165) is 44.9 Å². The summed E-state index contributed by atoms with van der Waals surface area (Å²) in [6.45, 7) is 24.6. The van der Waals surface area contributed by atoms with Crippen LogP contribution in [0.25, 0.3) is 0 Å². The Labute approximate surface area is 333 Å². The summed E-state index contributed by atoms with van der Waals surface area (Å²) < 4.78 is 12.2. The zero-order chi connectivity index (χ0) is 42.7. The van der Waals surface area contributed by atoms with Crippen molar-refractivity contribution in [2.75, 3.05) is 33.4 Å². The smallest absolute Gasteiger partial charge is 0.306 e. The SMILES string of the molecule is CCCCC(C)(CC)C(=O)[C@H](CCCCNC(=O)CCC(C)(C)OCCC(C)(C)OCCNC(=O)C(C)(C)CC(C)(C)NC(=O)C(N)CC(C)C(=O)O)NC. The van der Waals surface area contributed by atoms with E-state index in [1.807, 2.05) is 48.6 Å². The average molecular weight is 784 g/mol. The number of carbonyl (C=O) groups excluding carboxylic acids is 4. The van der Waals surface area contributed by atoms with Crippen LogP contribution in [0.5, 0.6) is 0 Å². The number of carboxylic acids is 1. The highest BCUT2D eigenvalue weighted by Gasteiger charge is 2.37. The van der Waals surface area contributed by atoms with E-state index >= 15 is 0 Å². The Bertz CT molecular complexity index is 1200. The fraction of sp³-hybridized carbons (Fsp3) is 0.881. The number of Topliss-reactive ketones (excluding diaryl/α,β-unsaturated/α-hetero) is 1. The maximum atomic E-state index is 13.2. The van der Waals surface area contributed by atoms with Crippen LogP contribution in [0.15, 0.2) is 0 Å². The minimum Gasteiger partial charge on any atom is -0.481 e. The van der Waals surface area contributed by atoms with Gasteiger partial charge < -0.3 is 41.6 Å². The molecule has 0 aliphatic heterocycles. The van der Waals surface area contributed by atoms with Crippen molar-refractivity contribution in [3.63, 3.8) is 0 Å². The molecule has 0 aromatic carbocycles. The molecule has 0 aliphatic rings. The van der Waals surface area contributed by atoms with Crippen molar-refractivity contribution >= 4 is 29.5 Å². The van der Waals surface area contributed by atoms with Gasteiger partial charge in [-0.25, -0.2) is 0 Å². The lowest BCUT2D eigenvalue weighted by Gasteiger charge is -2.35. The van der Waals surface area contributed by atoms with Crippen molar-refractivity contribution in [3.05, 3.63) is 0 Å². The third kappa shape index (κ3) is 21.5. The van der Waals surface area contributed by atoms with Crippen LogP contribution in [0.1, 0.15) is 160 Å². The number of carbonyl (C=O) groups is 5. The summed E-state index contributed by atoms with van der Waals surface area (Å²) in [6.07, 6.45) is 8.24. The second-order valence-electron chi connectivity index (χ2n) is 18.3. The summed E-state index contributed by atoms with van der Waals surface area (Å²) in [5.74, 6) is -2.10. The predicted molar refractivity (Wildman–Crippen MR) is 220 cm³/mol. The molecule has 0 rings (SSSR count). The topological polar surface area (TPSA) is 198 Å². The van der Waals surface area contributed by atoms with E-state index in [1.165, 1.54) is 6.92 Å². The average Bonchev–Trinajstić information content (AvgIpc) is 3.08. The number of hydrogen-bond acceptors (Lipinski definition) is 9. The van der Waals surface area contributed by atoms with Gasteiger partial charge in [0.2, 0.25) is 17.7 Å². The molecule has 7 N–H and O–H groups in total. The standard InChI is InChI=1S/C42H81N5O8/c1-14-16-21-42(12,15-2)34(49)32(44-13)19-17-18-24-45-33(48)20-22-40(8,9)54-26-23-41(10,11)55-27-25-46-37(53)38(4,5)29-39(6,7)47-35(50)31(43)28-30(3)36(51)52/h30-32,44H,14-29,43H2,1-13H3,(H,45,48)(H,46,53)(H,47,50)(H,51,52)/t30?,31?,32-,42?/m0/s1. The summed E-state index contributed by atoms with van der Waals surface area (Å²) in [5, 5.41) is 21.2. The van der Waals surface area contributed by atoms with Gasteiger partial charge in [-0.3, -0.25) is 24.0 Å². The monoisotopic (exact) mass is 784 g/mol. The summed E-state index contributed by atoms with van der Waals surface area (Å²) in [4.78, 5) is 62.6. The summed E-state index contributed by atoms with van der Waals surface area (Å²) in [7, 11) is 1.85. The van der Waals surface area contributed by atoms with Gasteiger partial charge in [-0.15, -0.1) is 0 Å². The van der Waals surface area contributed by atoms with E-state index in [4.69, 9.17) is 20.3 Å². The number of carboxylic acid groups (broad SMARTS) is 1. The van der Waals surface area contributed by atoms with E-state index < -0.39 is 46.0 Å². The first kappa shape index (κ1) is 52.4. The normalized spacial score (nSPS) is 15.4. The van der Waals surface area contributed by atoms with Gasteiger partial charge in [0.25, 0.3) is 0 Å². The minimum atomic E-state index is -1.01. The van der Waals surface area contributed by atoms with Gasteiger partial charge in [0.1, 0.15) is 0 Å². The van der Waals surface area contributed by atoms with E-state index in [-0.39, 0.29) is 29.7 Å². The zero-order valence-corrected chi connectivity index (χ0v) is 36.9. The number of likely N-dealkylation sites (N-methyl/N-ethyl adjacent to an activating group) is 1. The molecule has 4 atom stereocenters. The lowest BCUT2D eigenvalue weighted by atomic mass is 9.75. The zero-order valence-electron chi connectivity index (χ0n) is 36.9. The molecule has 0 aromatic rings. The van der Waals surface area contributed by atoms with Crippen molar-refractivity contribution in [2.24, 2.45) is 22.5 Å². The van der Waals surface area contributed by atoms with Crippen molar-refractivity contribution in [2.45, 2.75) is 189 Å². The maximum absolute atomic E-state index is 13.2. The number of nitrogens with two attached hydrogens (primary N) is 1. The van der Waals surface area contributed by atoms with E-state index in [2.05, 4.69) is 42.0 Å². The highest BCUT2D eigenvalue weighted by atomic mass is 16.5. The lowest BCUT2D eigenvalue weighted by molar-refractivity contribution is -0.141. The number of aliphatic carboxylic acids is 1. The first-order valence-corrected chi connectivity index (χ1v) is 20.6. The van der Waals surface area contributed by atoms with Gasteiger partial charge in [-0.1, -0.05) is 54.4 Å². The summed E-state index contributed by atoms with van der Waals surface area (Å²) in [6, 6.07) is -1.13. The van der Waals surface area contributed by atoms with E-state index in [9.17, 15) is 24.0 Å². The molecule has 0 aromatic heterocycles. The number of amides is 3. The third-order valence-electron chi connectivity index (χ3n) is 10.7. The van der Waals surface area contributed by atoms with Gasteiger partial charge in [0.05, 0.1) is 42.4 Å². The molecule has 3 amide bonds. The summed E-state index contributed by atoms with van der Waals surface area (Å²) in [5.41, 5.74) is 3.07. The molecule has 13 heteroatoms. The van der Waals surface area contributed by atoms with Gasteiger partial charge >= 0.3 is 5.97 Å². The molecule has 0 bridgehead atoms. The predicted octanol–water partition coefficient (Wildman–Crippen LogP) is 5.66. The quantitative estimate of drug-likeness (QED) is 0.0477. The van der Waals surface area contributed by atoms with Crippen LogP contribution in [-0.2, 0) is 33.4 Å². The second-order valence-corrected chi connectivity index (χ2v) is 18.3. The van der Waals surface area contributed by atoms with Gasteiger partial charge in [-0.05, 0) is 106 Å². The Morgan fingerprint density at radius 1 is 0.782 bits per heavy atom. The molecule has 13 nitrogen and oxygen atoms in total. The molecule has 0 heterocycles. The maximum Gasteiger partial charge on any atom is 0.306 e. The molecular weight excluding hydrogens is 702 g/mol. The van der Waals surface area contributed by atoms with Gasteiger partial charge in [-0.2, -0.15) is 0 Å². The van der Waals surface area contributed by atoms with E-state index in [1.54, 1.807) is 13.8 Å². The highest BCUT2D eigenvalue weighted by molar-refractivity contribution is 5.89. The fourth-order valence-corrected chi connectivity index (χ4v) is 6.77. The molecular formula is C42H81N5O8. The van der Waals surface area contributed by atoms with Gasteiger partial charge in [0, 0.05) is 35.9 Å². The van der Waals surface area contributed by atoms with Crippen LogP contribution in [0.2, 0.25) is 0 Å². The van der Waals surface area contributed by atoms with Crippen LogP contribution >= 0.6 is 0 Å². The molecule has 0 saturated heterocycles. The molecule has 3 unspecified atom stereocenters. The van der Waals surface area contributed by atoms with Crippen LogP contribution in [0.4, 0.5) is 0 Å². The molecule has 0 saturated carbocycles. The number of ketones is 1. The first-order chi connectivity index (χ1) is 25.3. The van der Waals surface area contributed by atoms with Crippen LogP contribution in [0, 0.1) is 16.7 Å². The van der Waals surface area contributed by atoms with Crippen molar-refractivity contribution < 1.29 is 38.6 Å². The molecule has 0 aliphatic carbocycles. The molecule has 0 radical (unpaired) electrons. The van der Waals surface area contributed by atoms with Crippen LogP contribution in [0.3, 0.4) is 0 Å². The lowest BCUT2D eigenvalue weighted by Crippen LogP contribution is -2.54. The van der Waals surface area contributed by atoms with Crippen molar-refractivity contribution in [1.29, 1.82) is 0 Å². The van der Waals surface area contributed by atoms with Crippen LogP contribution < -0.4 is 27.0 Å². The first-order valence-electron chi connectivity index (χ1n) is 20.6. The van der Waals surface area contributed by atoms with Crippen LogP contribution in [-0.4, -0.2) is 96.8 Å². The molecule has 0 spiro atoms. The molecule has 55 heavy (non-hydrogen) atoms. The summed E-state index contributed by atoms with van der Waals surface area (Å²) >= 11 is 0. The molecule has 0 fully saturated rings. The number of hydrogen-bond donors (Lipinski definition) is 6. The Hall–Kier alpha value is -2.61. The molecule has 322 valence electrons. The van der Waals surface area contributed by atoms with Gasteiger partial charge in [0.15, 0.2) is 5.78 Å². The number of nitrogens with one attached hydrogen (secondary N) is 4. The Morgan fingerprint density at radius 2 is 1.38 bits per heavy atom. The third-order valence-corrected chi connectivity index (χ3v) is 10.7. The number of ether oxygens (including phenoxy) is 2. The largest absolute Gasteiger partial charge is 0.481 e.